The van der Waals surface area contributed by atoms with E-state index in [1.807, 2.05) is 42.5 Å². The van der Waals surface area contributed by atoms with Gasteiger partial charge in [-0.05, 0) is 53.1 Å². The molecule has 0 aliphatic heterocycles. The summed E-state index contributed by atoms with van der Waals surface area (Å²) in [5.41, 5.74) is 1.70. The van der Waals surface area contributed by atoms with Gasteiger partial charge in [-0.1, -0.05) is 36.4 Å². The zero-order chi connectivity index (χ0) is 20.2. The molecule has 144 valence electrons. The Kier molecular flexibility index (Phi) is 4.98. The number of hydrogen-bond donors (Lipinski definition) is 1. The lowest BCUT2D eigenvalue weighted by Gasteiger charge is -2.15. The second kappa shape index (κ2) is 7.89. The molecule has 8 nitrogen and oxygen atoms in total. The molecule has 1 N–H and O–H groups in total. The molecule has 0 bridgehead atoms. The number of rotatable bonds is 5. The molecule has 0 aliphatic carbocycles. The van der Waals surface area contributed by atoms with E-state index in [1.165, 1.54) is 17.9 Å². The Labute approximate surface area is 166 Å². The molecule has 1 heterocycles. The molecule has 4 aromatic rings. The molecule has 0 saturated heterocycles. The summed E-state index contributed by atoms with van der Waals surface area (Å²) >= 11 is 0. The molecular formula is C21H17N5O3. The Bertz CT molecular complexity index is 1150. The van der Waals surface area contributed by atoms with Crippen molar-refractivity contribution in [3.8, 4) is 5.69 Å². The van der Waals surface area contributed by atoms with Gasteiger partial charge < -0.3 is 10.1 Å². The first-order valence-electron chi connectivity index (χ1n) is 8.95. The SMILES string of the molecule is CC(OC(=O)c1ccc(-n2cnnn2)cc1)C(=O)Nc1cccc2ccccc12. The number of carbonyl (C=O) groups is 2. The van der Waals surface area contributed by atoms with Gasteiger partial charge in [-0.3, -0.25) is 4.79 Å². The highest BCUT2D eigenvalue weighted by Crippen LogP contribution is 2.23. The molecule has 0 saturated carbocycles. The zero-order valence-electron chi connectivity index (χ0n) is 15.5. The van der Waals surface area contributed by atoms with Crippen LogP contribution in [0.15, 0.2) is 73.1 Å². The molecule has 0 radical (unpaired) electrons. The van der Waals surface area contributed by atoms with Crippen LogP contribution in [0.25, 0.3) is 16.5 Å². The third-order valence-electron chi connectivity index (χ3n) is 4.42. The molecule has 29 heavy (non-hydrogen) atoms. The molecule has 3 aromatic carbocycles. The average Bonchev–Trinajstić information content (AvgIpc) is 3.29. The molecule has 0 fully saturated rings. The zero-order valence-corrected chi connectivity index (χ0v) is 15.5. The lowest BCUT2D eigenvalue weighted by atomic mass is 10.1. The maximum absolute atomic E-state index is 12.5. The Hall–Kier alpha value is -4.07. The largest absolute Gasteiger partial charge is 0.449 e. The van der Waals surface area contributed by atoms with Gasteiger partial charge in [0.15, 0.2) is 6.10 Å². The van der Waals surface area contributed by atoms with E-state index in [1.54, 1.807) is 24.3 Å². The van der Waals surface area contributed by atoms with Crippen molar-refractivity contribution in [1.29, 1.82) is 0 Å². The van der Waals surface area contributed by atoms with E-state index >= 15 is 0 Å². The van der Waals surface area contributed by atoms with Crippen LogP contribution in [-0.4, -0.2) is 38.2 Å². The minimum atomic E-state index is -0.958. The number of benzene rings is 3. The number of esters is 1. The fourth-order valence-electron chi connectivity index (χ4n) is 2.88. The summed E-state index contributed by atoms with van der Waals surface area (Å²) in [6.07, 6.45) is 0.494. The monoisotopic (exact) mass is 387 g/mol. The molecule has 4 rings (SSSR count). The van der Waals surface area contributed by atoms with Crippen LogP contribution in [0.2, 0.25) is 0 Å². The van der Waals surface area contributed by atoms with Crippen LogP contribution < -0.4 is 5.32 Å². The molecule has 1 atom stereocenters. The number of fused-ring (bicyclic) bond motifs is 1. The number of tetrazole rings is 1. The van der Waals surface area contributed by atoms with Crippen molar-refractivity contribution in [1.82, 2.24) is 20.2 Å². The van der Waals surface area contributed by atoms with Crippen LogP contribution >= 0.6 is 0 Å². The number of ether oxygens (including phenoxy) is 1. The molecule has 8 heteroatoms. The topological polar surface area (TPSA) is 99.0 Å². The van der Waals surface area contributed by atoms with Crippen molar-refractivity contribution in [3.05, 3.63) is 78.6 Å². The summed E-state index contributed by atoms with van der Waals surface area (Å²) in [5.74, 6) is -0.992. The van der Waals surface area contributed by atoms with E-state index in [9.17, 15) is 9.59 Å². The average molecular weight is 387 g/mol. The normalized spacial score (nSPS) is 11.8. The smallest absolute Gasteiger partial charge is 0.338 e. The van der Waals surface area contributed by atoms with Crippen LogP contribution in [0, 0.1) is 0 Å². The lowest BCUT2D eigenvalue weighted by Crippen LogP contribution is -2.30. The van der Waals surface area contributed by atoms with Gasteiger partial charge in [0.1, 0.15) is 6.33 Å². The fourth-order valence-corrected chi connectivity index (χ4v) is 2.88. The predicted octanol–water partition coefficient (Wildman–Crippen LogP) is 3.00. The van der Waals surface area contributed by atoms with Gasteiger partial charge in [0.2, 0.25) is 0 Å². The predicted molar refractivity (Wildman–Crippen MR) is 107 cm³/mol. The summed E-state index contributed by atoms with van der Waals surface area (Å²) < 4.78 is 6.78. The number of nitrogens with one attached hydrogen (secondary N) is 1. The van der Waals surface area contributed by atoms with Crippen molar-refractivity contribution in [2.75, 3.05) is 5.32 Å². The van der Waals surface area contributed by atoms with E-state index in [4.69, 9.17) is 4.74 Å². The van der Waals surface area contributed by atoms with Crippen molar-refractivity contribution in [2.45, 2.75) is 13.0 Å². The highest BCUT2D eigenvalue weighted by Gasteiger charge is 2.19. The first-order valence-corrected chi connectivity index (χ1v) is 8.95. The quantitative estimate of drug-likeness (QED) is 0.529. The number of nitrogens with zero attached hydrogens (tertiary/aromatic N) is 4. The van der Waals surface area contributed by atoms with Crippen LogP contribution in [-0.2, 0) is 9.53 Å². The standard InChI is InChI=1S/C21H17N5O3/c1-14(20(27)23-19-8-4-6-15-5-2-3-7-18(15)19)29-21(28)16-9-11-17(12-10-16)26-13-22-24-25-26/h2-14H,1H3,(H,23,27). The van der Waals surface area contributed by atoms with Gasteiger partial charge in [-0.15, -0.1) is 5.10 Å². The number of aromatic nitrogens is 4. The summed E-state index contributed by atoms with van der Waals surface area (Å²) in [7, 11) is 0. The van der Waals surface area contributed by atoms with Crippen molar-refractivity contribution < 1.29 is 14.3 Å². The first kappa shape index (κ1) is 18.3. The number of hydrogen-bond acceptors (Lipinski definition) is 6. The fraction of sp³-hybridized carbons (Fsp3) is 0.0952. The number of anilines is 1. The third-order valence-corrected chi connectivity index (χ3v) is 4.42. The summed E-state index contributed by atoms with van der Waals surface area (Å²) in [6.45, 7) is 1.54. The van der Waals surface area contributed by atoms with Crippen LogP contribution in [0.3, 0.4) is 0 Å². The van der Waals surface area contributed by atoms with Crippen molar-refractivity contribution in [2.24, 2.45) is 0 Å². The Morgan fingerprint density at radius 1 is 1.00 bits per heavy atom. The minimum Gasteiger partial charge on any atom is -0.449 e. The van der Waals surface area contributed by atoms with E-state index in [-0.39, 0.29) is 0 Å². The van der Waals surface area contributed by atoms with Gasteiger partial charge in [0.05, 0.1) is 11.3 Å². The van der Waals surface area contributed by atoms with Gasteiger partial charge in [-0.25, -0.2) is 9.48 Å². The molecule has 1 amide bonds. The van der Waals surface area contributed by atoms with Crippen LogP contribution in [0.5, 0.6) is 0 Å². The molecule has 0 spiro atoms. The molecule has 0 aliphatic rings. The molecule has 1 unspecified atom stereocenters. The number of carbonyl (C=O) groups excluding carboxylic acids is 2. The Balaban J connectivity index is 1.42. The van der Waals surface area contributed by atoms with Crippen molar-refractivity contribution in [3.63, 3.8) is 0 Å². The van der Waals surface area contributed by atoms with Crippen LogP contribution in [0.4, 0.5) is 5.69 Å². The highest BCUT2D eigenvalue weighted by atomic mass is 16.5. The van der Waals surface area contributed by atoms with Gasteiger partial charge in [-0.2, -0.15) is 0 Å². The summed E-state index contributed by atoms with van der Waals surface area (Å²) in [6, 6.07) is 19.9. The van der Waals surface area contributed by atoms with E-state index in [2.05, 4.69) is 20.8 Å². The Morgan fingerprint density at radius 3 is 2.52 bits per heavy atom. The van der Waals surface area contributed by atoms with Gasteiger partial charge in [0.25, 0.3) is 5.91 Å². The molecular weight excluding hydrogens is 370 g/mol. The second-order valence-electron chi connectivity index (χ2n) is 6.36. The maximum Gasteiger partial charge on any atom is 0.338 e. The highest BCUT2D eigenvalue weighted by molar-refractivity contribution is 6.04. The van der Waals surface area contributed by atoms with E-state index in [0.29, 0.717) is 16.9 Å². The summed E-state index contributed by atoms with van der Waals surface area (Å²) in [5, 5.41) is 15.7. The molecule has 1 aromatic heterocycles. The third kappa shape index (κ3) is 3.96. The minimum absolute atomic E-state index is 0.326. The maximum atomic E-state index is 12.5. The van der Waals surface area contributed by atoms with Gasteiger partial charge >= 0.3 is 5.97 Å². The summed E-state index contributed by atoms with van der Waals surface area (Å²) in [4.78, 5) is 24.9. The first-order chi connectivity index (χ1) is 14.1. The second-order valence-corrected chi connectivity index (χ2v) is 6.36. The van der Waals surface area contributed by atoms with Crippen LogP contribution in [0.1, 0.15) is 17.3 Å². The lowest BCUT2D eigenvalue weighted by molar-refractivity contribution is -0.123. The Morgan fingerprint density at radius 2 is 1.76 bits per heavy atom. The number of amides is 1. The van der Waals surface area contributed by atoms with Gasteiger partial charge in [0, 0.05) is 11.1 Å². The van der Waals surface area contributed by atoms with E-state index in [0.717, 1.165) is 10.8 Å². The van der Waals surface area contributed by atoms with E-state index < -0.39 is 18.0 Å². The van der Waals surface area contributed by atoms with Crippen molar-refractivity contribution >= 4 is 28.3 Å².